The molecule has 2 saturated carbocycles. The molecule has 0 aliphatic heterocycles. The Labute approximate surface area is 91.8 Å². The topological polar surface area (TPSA) is 29.3 Å². The van der Waals surface area contributed by atoms with Crippen LogP contribution in [0.2, 0.25) is 0 Å². The van der Waals surface area contributed by atoms with Crippen molar-refractivity contribution in [3.63, 3.8) is 0 Å². The van der Waals surface area contributed by atoms with Crippen LogP contribution in [0.4, 0.5) is 0 Å². The number of nitrogens with two attached hydrogens (primary N) is 1. The Morgan fingerprint density at radius 3 is 2.43 bits per heavy atom. The van der Waals surface area contributed by atoms with Crippen LogP contribution >= 0.6 is 12.2 Å². The third kappa shape index (κ3) is 2.45. The number of thiocarbonyl (C=S) groups is 1. The van der Waals surface area contributed by atoms with Gasteiger partial charge in [-0.05, 0) is 38.0 Å². The van der Waals surface area contributed by atoms with Gasteiger partial charge in [-0.1, -0.05) is 19.1 Å². The third-order valence-corrected chi connectivity index (χ3v) is 3.57. The van der Waals surface area contributed by atoms with E-state index in [1.54, 1.807) is 0 Å². The minimum Gasteiger partial charge on any atom is -0.392 e. The second-order valence-corrected chi connectivity index (χ2v) is 5.17. The highest BCUT2D eigenvalue weighted by Gasteiger charge is 2.37. The lowest BCUT2D eigenvalue weighted by molar-refractivity contribution is 0.218. The van der Waals surface area contributed by atoms with Gasteiger partial charge in [-0.2, -0.15) is 0 Å². The molecule has 0 radical (unpaired) electrons. The number of hydrogen-bond donors (Lipinski definition) is 1. The van der Waals surface area contributed by atoms with Crippen LogP contribution in [-0.4, -0.2) is 28.5 Å². The standard InChI is InChI=1S/C11H20N2S/c1-2-10(11(12)14)13(9-5-6-9)7-8-3-4-8/h8-10H,2-7H2,1H3,(H2,12,14). The van der Waals surface area contributed by atoms with E-state index in [-0.39, 0.29) is 0 Å². The molecule has 2 aliphatic rings. The van der Waals surface area contributed by atoms with Gasteiger partial charge < -0.3 is 5.73 Å². The van der Waals surface area contributed by atoms with Gasteiger partial charge in [0.1, 0.15) is 0 Å². The molecule has 3 heteroatoms. The van der Waals surface area contributed by atoms with E-state index in [0.717, 1.165) is 18.4 Å². The molecule has 0 amide bonds. The van der Waals surface area contributed by atoms with E-state index < -0.39 is 0 Å². The molecule has 1 unspecified atom stereocenters. The van der Waals surface area contributed by atoms with Gasteiger partial charge in [0.15, 0.2) is 0 Å². The van der Waals surface area contributed by atoms with Gasteiger partial charge >= 0.3 is 0 Å². The van der Waals surface area contributed by atoms with E-state index in [9.17, 15) is 0 Å². The van der Waals surface area contributed by atoms with Gasteiger partial charge in [0.2, 0.25) is 0 Å². The molecular formula is C11H20N2S. The molecule has 2 nitrogen and oxygen atoms in total. The number of hydrogen-bond acceptors (Lipinski definition) is 2. The highest BCUT2D eigenvalue weighted by Crippen LogP contribution is 2.36. The van der Waals surface area contributed by atoms with Crippen molar-refractivity contribution >= 4 is 17.2 Å². The van der Waals surface area contributed by atoms with Gasteiger partial charge in [0.25, 0.3) is 0 Å². The minimum atomic E-state index is 0.359. The highest BCUT2D eigenvalue weighted by molar-refractivity contribution is 7.80. The zero-order valence-electron chi connectivity index (χ0n) is 8.91. The molecule has 2 fully saturated rings. The van der Waals surface area contributed by atoms with Crippen LogP contribution in [0, 0.1) is 5.92 Å². The van der Waals surface area contributed by atoms with Gasteiger partial charge in [-0.3, -0.25) is 4.90 Å². The van der Waals surface area contributed by atoms with Crippen molar-refractivity contribution in [2.75, 3.05) is 6.54 Å². The molecule has 0 spiro atoms. The third-order valence-electron chi connectivity index (χ3n) is 3.30. The Morgan fingerprint density at radius 1 is 1.43 bits per heavy atom. The van der Waals surface area contributed by atoms with Crippen molar-refractivity contribution in [1.82, 2.24) is 4.90 Å². The molecule has 0 aromatic carbocycles. The molecule has 0 bridgehead atoms. The number of nitrogens with zero attached hydrogens (tertiary/aromatic N) is 1. The van der Waals surface area contributed by atoms with Crippen molar-refractivity contribution in [2.45, 2.75) is 51.1 Å². The monoisotopic (exact) mass is 212 g/mol. The summed E-state index contributed by atoms with van der Waals surface area (Å²) >= 11 is 5.15. The first-order valence-corrected chi connectivity index (χ1v) is 6.18. The molecule has 1 atom stereocenters. The summed E-state index contributed by atoms with van der Waals surface area (Å²) in [5.74, 6) is 0.944. The number of rotatable bonds is 6. The van der Waals surface area contributed by atoms with Crippen LogP contribution in [0.15, 0.2) is 0 Å². The summed E-state index contributed by atoms with van der Waals surface area (Å²) in [7, 11) is 0. The van der Waals surface area contributed by atoms with E-state index >= 15 is 0 Å². The first kappa shape index (κ1) is 10.4. The van der Waals surface area contributed by atoms with E-state index in [1.807, 2.05) is 0 Å². The molecule has 0 heterocycles. The van der Waals surface area contributed by atoms with Crippen LogP contribution in [0.1, 0.15) is 39.0 Å². The first-order valence-electron chi connectivity index (χ1n) is 5.77. The van der Waals surface area contributed by atoms with Crippen LogP contribution in [0.3, 0.4) is 0 Å². The van der Waals surface area contributed by atoms with Crippen LogP contribution in [0.25, 0.3) is 0 Å². The van der Waals surface area contributed by atoms with Crippen molar-refractivity contribution in [2.24, 2.45) is 11.7 Å². The fraction of sp³-hybridized carbons (Fsp3) is 0.909. The molecule has 0 aromatic rings. The summed E-state index contributed by atoms with van der Waals surface area (Å²) in [5.41, 5.74) is 5.80. The molecule has 2 N–H and O–H groups in total. The van der Waals surface area contributed by atoms with Crippen molar-refractivity contribution in [1.29, 1.82) is 0 Å². The van der Waals surface area contributed by atoms with Gasteiger partial charge in [0.05, 0.1) is 11.0 Å². The summed E-state index contributed by atoms with van der Waals surface area (Å²) < 4.78 is 0. The van der Waals surface area contributed by atoms with Crippen LogP contribution < -0.4 is 5.73 Å². The molecule has 0 aromatic heterocycles. The van der Waals surface area contributed by atoms with E-state index in [0.29, 0.717) is 11.0 Å². The molecular weight excluding hydrogens is 192 g/mol. The Balaban J connectivity index is 1.95. The van der Waals surface area contributed by atoms with Crippen molar-refractivity contribution in [3.8, 4) is 0 Å². The summed E-state index contributed by atoms with van der Waals surface area (Å²) in [4.78, 5) is 3.26. The average molecular weight is 212 g/mol. The fourth-order valence-electron chi connectivity index (χ4n) is 2.13. The Kier molecular flexibility index (Phi) is 3.07. The van der Waals surface area contributed by atoms with E-state index in [1.165, 1.54) is 32.2 Å². The Hall–Kier alpha value is -0.150. The van der Waals surface area contributed by atoms with Gasteiger partial charge in [-0.25, -0.2) is 0 Å². The predicted octanol–water partition coefficient (Wildman–Crippen LogP) is 1.93. The largest absolute Gasteiger partial charge is 0.392 e. The molecule has 0 saturated heterocycles. The summed E-state index contributed by atoms with van der Waals surface area (Å²) in [6.07, 6.45) is 6.60. The lowest BCUT2D eigenvalue weighted by Crippen LogP contribution is -2.45. The lowest BCUT2D eigenvalue weighted by atomic mass is 10.1. The predicted molar refractivity (Wildman–Crippen MR) is 63.3 cm³/mol. The molecule has 14 heavy (non-hydrogen) atoms. The Morgan fingerprint density at radius 2 is 2.07 bits per heavy atom. The highest BCUT2D eigenvalue weighted by atomic mass is 32.1. The lowest BCUT2D eigenvalue weighted by Gasteiger charge is -2.30. The summed E-state index contributed by atoms with van der Waals surface area (Å²) in [5, 5.41) is 0. The summed E-state index contributed by atoms with van der Waals surface area (Å²) in [6, 6.07) is 1.15. The molecule has 2 rings (SSSR count). The second-order valence-electron chi connectivity index (χ2n) is 4.70. The summed E-state index contributed by atoms with van der Waals surface area (Å²) in [6.45, 7) is 3.42. The normalized spacial score (nSPS) is 23.9. The zero-order chi connectivity index (χ0) is 10.1. The first-order chi connectivity index (χ1) is 6.72. The maximum atomic E-state index is 5.80. The quantitative estimate of drug-likeness (QED) is 0.682. The second kappa shape index (κ2) is 4.15. The SMILES string of the molecule is CCC(C(N)=S)N(CC1CC1)C1CC1. The average Bonchev–Trinajstić information content (AvgIpc) is 3.00. The van der Waals surface area contributed by atoms with E-state index in [4.69, 9.17) is 18.0 Å². The Bertz CT molecular complexity index is 221. The van der Waals surface area contributed by atoms with Gasteiger partial charge in [-0.15, -0.1) is 0 Å². The maximum absolute atomic E-state index is 5.80. The van der Waals surface area contributed by atoms with Gasteiger partial charge in [0, 0.05) is 12.6 Å². The molecule has 2 aliphatic carbocycles. The van der Waals surface area contributed by atoms with E-state index in [2.05, 4.69) is 11.8 Å². The molecule has 80 valence electrons. The fourth-order valence-corrected chi connectivity index (χ4v) is 2.44. The van der Waals surface area contributed by atoms with Crippen LogP contribution in [0.5, 0.6) is 0 Å². The van der Waals surface area contributed by atoms with Crippen molar-refractivity contribution < 1.29 is 0 Å². The minimum absolute atomic E-state index is 0.359. The smallest absolute Gasteiger partial charge is 0.0902 e. The van der Waals surface area contributed by atoms with Crippen molar-refractivity contribution in [3.05, 3.63) is 0 Å². The maximum Gasteiger partial charge on any atom is 0.0902 e. The van der Waals surface area contributed by atoms with Crippen LogP contribution in [-0.2, 0) is 0 Å². The zero-order valence-corrected chi connectivity index (χ0v) is 9.72.